The molecule has 3 heterocycles. The number of aliphatic hydroxyl groups is 2. The van der Waals surface area contributed by atoms with Crippen LogP contribution in [0.2, 0.25) is 0 Å². The summed E-state index contributed by atoms with van der Waals surface area (Å²) in [6.07, 6.45) is -2.06. The molecule has 11 nitrogen and oxygen atoms in total. The van der Waals surface area contributed by atoms with E-state index in [4.69, 9.17) is 10.5 Å². The van der Waals surface area contributed by atoms with Crippen LogP contribution in [-0.4, -0.2) is 54.7 Å². The number of nitrogen functional groups attached to an aromatic ring is 1. The van der Waals surface area contributed by atoms with Crippen molar-refractivity contribution in [3.05, 3.63) is 12.7 Å². The van der Waals surface area contributed by atoms with Gasteiger partial charge < -0.3 is 20.7 Å². The lowest BCUT2D eigenvalue weighted by atomic mass is 10.1. The van der Waals surface area contributed by atoms with Crippen molar-refractivity contribution in [2.24, 2.45) is 0 Å². The Morgan fingerprint density at radius 3 is 2.86 bits per heavy atom. The Balaban J connectivity index is 1.98. The highest BCUT2D eigenvalue weighted by Crippen LogP contribution is 2.35. The maximum atomic E-state index is 10.7. The van der Waals surface area contributed by atoms with Crippen LogP contribution in [0.5, 0.6) is 0 Å². The molecular formula is C10H12N5O6P. The number of aromatic nitrogens is 4. The minimum absolute atomic E-state index is 0.158. The molecule has 3 rings (SSSR count). The number of nitrogens with zero attached hydrogens (tertiary/aromatic N) is 4. The highest BCUT2D eigenvalue weighted by Gasteiger charge is 2.46. The molecule has 1 aliphatic heterocycles. The summed E-state index contributed by atoms with van der Waals surface area (Å²) >= 11 is 0. The van der Waals surface area contributed by atoms with E-state index in [9.17, 15) is 19.3 Å². The Hall–Kier alpha value is -1.91. The van der Waals surface area contributed by atoms with E-state index in [1.54, 1.807) is 0 Å². The van der Waals surface area contributed by atoms with Crippen LogP contribution in [0.4, 0.5) is 5.82 Å². The molecule has 4 atom stereocenters. The number of hydrogen-bond donors (Lipinski definition) is 3. The van der Waals surface area contributed by atoms with Crippen molar-refractivity contribution in [2.75, 3.05) is 12.3 Å². The summed E-state index contributed by atoms with van der Waals surface area (Å²) in [5, 5.41) is 19.5. The molecule has 2 aromatic heterocycles. The number of nitrogens with two attached hydrogens (primary N) is 1. The van der Waals surface area contributed by atoms with Gasteiger partial charge in [-0.15, -0.1) is 0 Å². The van der Waals surface area contributed by atoms with Crippen LogP contribution in [0, 0.1) is 0 Å². The van der Waals surface area contributed by atoms with Crippen molar-refractivity contribution in [3.63, 3.8) is 0 Å². The molecule has 0 aliphatic carbocycles. The van der Waals surface area contributed by atoms with E-state index in [1.807, 2.05) is 0 Å². The lowest BCUT2D eigenvalue weighted by Crippen LogP contribution is -2.34. The summed E-state index contributed by atoms with van der Waals surface area (Å²) in [7, 11) is -3.21. The highest BCUT2D eigenvalue weighted by atomic mass is 31.1. The minimum Gasteiger partial charge on any atom is -0.394 e. The smallest absolute Gasteiger partial charge is 0.394 e. The van der Waals surface area contributed by atoms with Gasteiger partial charge in [0.05, 0.1) is 12.9 Å². The van der Waals surface area contributed by atoms with Crippen LogP contribution in [0.1, 0.15) is 6.23 Å². The number of hydrogen-bond acceptors (Lipinski definition) is 10. The van der Waals surface area contributed by atoms with Crippen LogP contribution in [-0.2, 0) is 18.4 Å². The Kier molecular flexibility index (Phi) is 3.89. The van der Waals surface area contributed by atoms with Crippen LogP contribution in [0.15, 0.2) is 12.7 Å². The highest BCUT2D eigenvalue weighted by molar-refractivity contribution is 7.24. The number of rotatable bonds is 4. The molecule has 0 bridgehead atoms. The fourth-order valence-corrected chi connectivity index (χ4v) is 2.84. The van der Waals surface area contributed by atoms with Crippen molar-refractivity contribution < 1.29 is 28.6 Å². The molecule has 4 unspecified atom stereocenters. The van der Waals surface area contributed by atoms with Crippen LogP contribution < -0.4 is 5.73 Å². The summed E-state index contributed by atoms with van der Waals surface area (Å²) in [6, 6.07) is 0. The second-order valence-electron chi connectivity index (χ2n) is 4.61. The van der Waals surface area contributed by atoms with Gasteiger partial charge in [0, 0.05) is 0 Å². The van der Waals surface area contributed by atoms with Crippen LogP contribution >= 0.6 is 7.91 Å². The van der Waals surface area contributed by atoms with Gasteiger partial charge in [-0.3, -0.25) is 9.09 Å². The average molecular weight is 329 g/mol. The van der Waals surface area contributed by atoms with Crippen molar-refractivity contribution in [2.45, 2.75) is 24.5 Å². The van der Waals surface area contributed by atoms with E-state index < -0.39 is 39.1 Å². The van der Waals surface area contributed by atoms with Crippen LogP contribution in [0.3, 0.4) is 0 Å². The lowest BCUT2D eigenvalue weighted by molar-refractivity contribution is -0.0503. The first-order valence-electron chi connectivity index (χ1n) is 6.21. The van der Waals surface area contributed by atoms with Gasteiger partial charge in [0.25, 0.3) is 0 Å². The molecular weight excluding hydrogens is 317 g/mol. The number of aliphatic hydroxyl groups excluding tert-OH is 2. The maximum Gasteiger partial charge on any atom is 0.468 e. The molecule has 1 saturated heterocycles. The van der Waals surface area contributed by atoms with Gasteiger partial charge in [-0.05, 0) is 0 Å². The fraction of sp³-hybridized carbons (Fsp3) is 0.500. The van der Waals surface area contributed by atoms with E-state index >= 15 is 0 Å². The summed E-state index contributed by atoms with van der Waals surface area (Å²) in [5.41, 5.74) is 6.30. The monoisotopic (exact) mass is 329 g/mol. The Morgan fingerprint density at radius 2 is 2.18 bits per heavy atom. The molecule has 2 aromatic rings. The van der Waals surface area contributed by atoms with Gasteiger partial charge >= 0.3 is 7.91 Å². The molecule has 1 fully saturated rings. The van der Waals surface area contributed by atoms with E-state index in [-0.39, 0.29) is 5.82 Å². The lowest BCUT2D eigenvalue weighted by Gasteiger charge is -2.16. The first-order valence-corrected chi connectivity index (χ1v) is 7.31. The number of ether oxygens (including phenoxy) is 1. The minimum atomic E-state index is -3.21. The van der Waals surface area contributed by atoms with Gasteiger partial charge in [-0.2, -0.15) is 0 Å². The molecule has 0 saturated carbocycles. The number of fused-ring (bicyclic) bond motifs is 1. The normalized spacial score (nSPS) is 28.3. The van der Waals surface area contributed by atoms with Gasteiger partial charge in [-0.1, -0.05) is 0 Å². The molecule has 118 valence electrons. The van der Waals surface area contributed by atoms with Gasteiger partial charge in [-0.25, -0.2) is 24.1 Å². The topological polar surface area (TPSA) is 163 Å². The van der Waals surface area contributed by atoms with Gasteiger partial charge in [0.15, 0.2) is 17.7 Å². The van der Waals surface area contributed by atoms with E-state index in [2.05, 4.69) is 19.5 Å². The zero-order valence-corrected chi connectivity index (χ0v) is 11.9. The average Bonchev–Trinajstić information content (AvgIpc) is 3.02. The summed E-state index contributed by atoms with van der Waals surface area (Å²) in [5.74, 6) is 0.158. The van der Waals surface area contributed by atoms with Gasteiger partial charge in [0.2, 0.25) is 0 Å². The summed E-state index contributed by atoms with van der Waals surface area (Å²) in [4.78, 5) is 11.8. The van der Waals surface area contributed by atoms with E-state index in [1.165, 1.54) is 17.2 Å². The third-order valence-corrected chi connectivity index (χ3v) is 3.77. The third kappa shape index (κ3) is 2.38. The van der Waals surface area contributed by atoms with Crippen molar-refractivity contribution in [3.8, 4) is 0 Å². The quantitative estimate of drug-likeness (QED) is 0.601. The van der Waals surface area contributed by atoms with Gasteiger partial charge in [0.1, 0.15) is 30.2 Å². The standard InChI is InChI=1S/C10H12N5O6P/c11-8-5-9(13-2-12-8)15(3-14-5)10-6(17)7(21-22(18)19)4(1-16)20-10/h2-4,6-7,10,16-17H,1H2,(H2,11,12,13). The van der Waals surface area contributed by atoms with Crippen molar-refractivity contribution in [1.29, 1.82) is 0 Å². The molecule has 1 aliphatic rings. The largest absolute Gasteiger partial charge is 0.468 e. The van der Waals surface area contributed by atoms with E-state index in [0.29, 0.717) is 11.2 Å². The molecule has 0 aromatic carbocycles. The number of anilines is 1. The first kappa shape index (κ1) is 15.0. The first-order chi connectivity index (χ1) is 10.5. The summed E-state index contributed by atoms with van der Waals surface area (Å²) in [6.45, 7) is -0.523. The van der Waals surface area contributed by atoms with Crippen molar-refractivity contribution in [1.82, 2.24) is 19.5 Å². The van der Waals surface area contributed by atoms with Crippen molar-refractivity contribution >= 4 is 24.9 Å². The fourth-order valence-electron chi connectivity index (χ4n) is 2.38. The van der Waals surface area contributed by atoms with E-state index in [0.717, 1.165) is 0 Å². The Labute approximate surface area is 123 Å². The molecule has 12 heteroatoms. The Bertz CT molecular complexity index is 755. The summed E-state index contributed by atoms with van der Waals surface area (Å²) < 4.78 is 32.9. The third-order valence-electron chi connectivity index (χ3n) is 3.36. The molecule has 0 radical (unpaired) electrons. The predicted molar refractivity (Wildman–Crippen MR) is 69.9 cm³/mol. The molecule has 0 amide bonds. The Morgan fingerprint density at radius 1 is 1.41 bits per heavy atom. The number of imidazole rings is 1. The molecule has 0 spiro atoms. The molecule has 22 heavy (non-hydrogen) atoms. The SMILES string of the molecule is Nc1ncnc2c1ncn2C1OC(CO)C(OP(=O)=O)C1O. The second kappa shape index (κ2) is 5.71. The zero-order valence-electron chi connectivity index (χ0n) is 11.0. The molecule has 4 N–H and O–H groups in total. The zero-order chi connectivity index (χ0) is 15.9. The maximum absolute atomic E-state index is 10.7. The predicted octanol–water partition coefficient (Wildman–Crippen LogP) is -0.868. The second-order valence-corrected chi connectivity index (χ2v) is 5.27. The van der Waals surface area contributed by atoms with Crippen LogP contribution in [0.25, 0.3) is 11.2 Å².